The van der Waals surface area contributed by atoms with E-state index < -0.39 is 12.0 Å². The van der Waals surface area contributed by atoms with Gasteiger partial charge in [-0.1, -0.05) is 17.3 Å². The second-order valence-corrected chi connectivity index (χ2v) is 4.46. The summed E-state index contributed by atoms with van der Waals surface area (Å²) in [6.45, 7) is 3.79. The van der Waals surface area contributed by atoms with E-state index in [4.69, 9.17) is 9.63 Å². The molecule has 2 aromatic rings. The van der Waals surface area contributed by atoms with Gasteiger partial charge in [0.05, 0.1) is 16.9 Å². The summed E-state index contributed by atoms with van der Waals surface area (Å²) in [6, 6.07) is 5.70. The molecule has 2 rings (SSSR count). The number of aromatic nitrogens is 1. The van der Waals surface area contributed by atoms with Crippen molar-refractivity contribution in [2.24, 2.45) is 0 Å². The zero-order valence-electron chi connectivity index (χ0n) is 11.6. The molecule has 3 N–H and O–H groups in total. The molecular weight excluding hydrogens is 274 g/mol. The zero-order chi connectivity index (χ0) is 15.4. The molecule has 21 heavy (non-hydrogen) atoms. The Hall–Kier alpha value is -2.83. The third kappa shape index (κ3) is 3.38. The molecule has 0 radical (unpaired) electrons. The summed E-state index contributed by atoms with van der Waals surface area (Å²) in [5.74, 6) is -0.463. The van der Waals surface area contributed by atoms with Gasteiger partial charge in [-0.2, -0.15) is 0 Å². The SMILES string of the molecule is Cc1noc(C)c1CNC(=O)Nc1ccccc1C(=O)O. The van der Waals surface area contributed by atoms with Gasteiger partial charge in [0.1, 0.15) is 5.76 Å². The molecule has 0 spiro atoms. The molecule has 0 unspecified atom stereocenters. The Kier molecular flexibility index (Phi) is 4.22. The van der Waals surface area contributed by atoms with Crippen molar-refractivity contribution in [2.75, 3.05) is 5.32 Å². The zero-order valence-corrected chi connectivity index (χ0v) is 11.6. The number of benzene rings is 1. The molecule has 110 valence electrons. The summed E-state index contributed by atoms with van der Waals surface area (Å²) < 4.78 is 5.00. The number of carbonyl (C=O) groups is 2. The number of carboxylic acids is 1. The standard InChI is InChI=1S/C14H15N3O4/c1-8-11(9(2)21-17-8)7-15-14(20)16-12-6-4-3-5-10(12)13(18)19/h3-6H,7H2,1-2H3,(H,18,19)(H2,15,16,20). The van der Waals surface area contributed by atoms with E-state index in [0.29, 0.717) is 11.5 Å². The molecule has 0 saturated carbocycles. The van der Waals surface area contributed by atoms with Crippen LogP contribution in [-0.2, 0) is 6.54 Å². The van der Waals surface area contributed by atoms with Gasteiger partial charge in [-0.05, 0) is 26.0 Å². The molecule has 0 aliphatic carbocycles. The van der Waals surface area contributed by atoms with Gasteiger partial charge < -0.3 is 20.3 Å². The van der Waals surface area contributed by atoms with Gasteiger partial charge in [0, 0.05) is 12.1 Å². The highest BCUT2D eigenvalue weighted by Gasteiger charge is 2.13. The topological polar surface area (TPSA) is 104 Å². The van der Waals surface area contributed by atoms with Crippen LogP contribution in [0.1, 0.15) is 27.4 Å². The minimum atomic E-state index is -1.10. The average Bonchev–Trinajstić information content (AvgIpc) is 2.76. The summed E-state index contributed by atoms with van der Waals surface area (Å²) in [5.41, 5.74) is 1.78. The van der Waals surface area contributed by atoms with Gasteiger partial charge in [-0.25, -0.2) is 9.59 Å². The van der Waals surface area contributed by atoms with Gasteiger partial charge in [0.2, 0.25) is 0 Å². The van der Waals surface area contributed by atoms with Crippen LogP contribution in [0.4, 0.5) is 10.5 Å². The Morgan fingerprint density at radius 2 is 2.00 bits per heavy atom. The van der Waals surface area contributed by atoms with E-state index >= 15 is 0 Å². The number of hydrogen-bond donors (Lipinski definition) is 3. The molecule has 0 aliphatic heterocycles. The molecule has 1 aromatic heterocycles. The number of para-hydroxylation sites is 1. The van der Waals surface area contributed by atoms with Gasteiger partial charge in [-0.3, -0.25) is 0 Å². The lowest BCUT2D eigenvalue weighted by Crippen LogP contribution is -2.29. The highest BCUT2D eigenvalue weighted by molar-refractivity contribution is 5.99. The quantitative estimate of drug-likeness (QED) is 0.801. The number of aryl methyl sites for hydroxylation is 2. The van der Waals surface area contributed by atoms with Crippen LogP contribution in [0.5, 0.6) is 0 Å². The maximum Gasteiger partial charge on any atom is 0.337 e. The van der Waals surface area contributed by atoms with Crippen molar-refractivity contribution < 1.29 is 19.2 Å². The van der Waals surface area contributed by atoms with Gasteiger partial charge in [0.25, 0.3) is 0 Å². The lowest BCUT2D eigenvalue weighted by Gasteiger charge is -2.09. The molecule has 7 heteroatoms. The van der Waals surface area contributed by atoms with Crippen LogP contribution in [0.2, 0.25) is 0 Å². The molecule has 7 nitrogen and oxygen atoms in total. The number of amides is 2. The predicted molar refractivity (Wildman–Crippen MR) is 75.2 cm³/mol. The number of rotatable bonds is 4. The Labute approximate surface area is 120 Å². The highest BCUT2D eigenvalue weighted by Crippen LogP contribution is 2.15. The normalized spacial score (nSPS) is 10.2. The number of nitrogens with one attached hydrogen (secondary N) is 2. The van der Waals surface area contributed by atoms with Crippen molar-refractivity contribution in [3.8, 4) is 0 Å². The smallest absolute Gasteiger partial charge is 0.337 e. The van der Waals surface area contributed by atoms with Crippen molar-refractivity contribution in [1.29, 1.82) is 0 Å². The maximum atomic E-state index is 11.8. The van der Waals surface area contributed by atoms with E-state index in [9.17, 15) is 9.59 Å². The lowest BCUT2D eigenvalue weighted by atomic mass is 10.2. The number of nitrogens with zero attached hydrogens (tertiary/aromatic N) is 1. The van der Waals surface area contributed by atoms with Crippen molar-refractivity contribution in [3.63, 3.8) is 0 Å². The van der Waals surface area contributed by atoms with Crippen LogP contribution in [0.15, 0.2) is 28.8 Å². The third-order valence-corrected chi connectivity index (χ3v) is 3.01. The largest absolute Gasteiger partial charge is 0.478 e. The van der Waals surface area contributed by atoms with E-state index in [-0.39, 0.29) is 17.8 Å². The van der Waals surface area contributed by atoms with Crippen molar-refractivity contribution >= 4 is 17.7 Å². The van der Waals surface area contributed by atoms with E-state index in [1.54, 1.807) is 26.0 Å². The van der Waals surface area contributed by atoms with Crippen molar-refractivity contribution in [2.45, 2.75) is 20.4 Å². The summed E-state index contributed by atoms with van der Waals surface area (Å²) in [6.07, 6.45) is 0. The fraction of sp³-hybridized carbons (Fsp3) is 0.214. The maximum absolute atomic E-state index is 11.8. The number of carbonyl (C=O) groups excluding carboxylic acids is 1. The molecule has 0 aliphatic rings. The van der Waals surface area contributed by atoms with Crippen LogP contribution in [0.3, 0.4) is 0 Å². The summed E-state index contributed by atoms with van der Waals surface area (Å²) in [7, 11) is 0. The van der Waals surface area contributed by atoms with Crippen LogP contribution in [0, 0.1) is 13.8 Å². The Balaban J connectivity index is 2.01. The van der Waals surface area contributed by atoms with Crippen LogP contribution in [-0.4, -0.2) is 22.3 Å². The monoisotopic (exact) mass is 289 g/mol. The minimum Gasteiger partial charge on any atom is -0.478 e. The van der Waals surface area contributed by atoms with Crippen LogP contribution < -0.4 is 10.6 Å². The molecule has 0 fully saturated rings. The molecule has 0 atom stereocenters. The lowest BCUT2D eigenvalue weighted by molar-refractivity contribution is 0.0698. The Morgan fingerprint density at radius 1 is 1.29 bits per heavy atom. The predicted octanol–water partition coefficient (Wildman–Crippen LogP) is 2.31. The first kappa shape index (κ1) is 14.6. The Morgan fingerprint density at radius 3 is 2.62 bits per heavy atom. The fourth-order valence-electron chi connectivity index (χ4n) is 1.87. The van der Waals surface area contributed by atoms with Crippen molar-refractivity contribution in [1.82, 2.24) is 10.5 Å². The van der Waals surface area contributed by atoms with E-state index in [0.717, 1.165) is 5.56 Å². The minimum absolute atomic E-state index is 0.0324. The molecule has 1 aromatic carbocycles. The average molecular weight is 289 g/mol. The molecule has 0 bridgehead atoms. The molecule has 0 saturated heterocycles. The number of carboxylic acid groups (broad SMARTS) is 1. The number of hydrogen-bond acceptors (Lipinski definition) is 4. The highest BCUT2D eigenvalue weighted by atomic mass is 16.5. The summed E-state index contributed by atoms with van der Waals surface area (Å²) in [5, 5.41) is 18.0. The van der Waals surface area contributed by atoms with Crippen LogP contribution in [0.25, 0.3) is 0 Å². The first-order valence-electron chi connectivity index (χ1n) is 6.28. The number of urea groups is 1. The van der Waals surface area contributed by atoms with Crippen LogP contribution >= 0.6 is 0 Å². The van der Waals surface area contributed by atoms with Gasteiger partial charge in [-0.15, -0.1) is 0 Å². The van der Waals surface area contributed by atoms with E-state index in [1.165, 1.54) is 12.1 Å². The first-order chi connectivity index (χ1) is 9.99. The molecule has 1 heterocycles. The van der Waals surface area contributed by atoms with Crippen molar-refractivity contribution in [3.05, 3.63) is 46.8 Å². The second-order valence-electron chi connectivity index (χ2n) is 4.46. The summed E-state index contributed by atoms with van der Waals surface area (Å²) >= 11 is 0. The number of aromatic carboxylic acids is 1. The summed E-state index contributed by atoms with van der Waals surface area (Å²) in [4.78, 5) is 22.9. The van der Waals surface area contributed by atoms with E-state index in [1.807, 2.05) is 0 Å². The Bertz CT molecular complexity index is 659. The first-order valence-corrected chi connectivity index (χ1v) is 6.28. The third-order valence-electron chi connectivity index (χ3n) is 3.01. The molecule has 2 amide bonds. The number of anilines is 1. The van der Waals surface area contributed by atoms with E-state index in [2.05, 4.69) is 15.8 Å². The molecular formula is C14H15N3O4. The van der Waals surface area contributed by atoms with Gasteiger partial charge in [0.15, 0.2) is 0 Å². The fourth-order valence-corrected chi connectivity index (χ4v) is 1.87. The van der Waals surface area contributed by atoms with Gasteiger partial charge >= 0.3 is 12.0 Å². The second kappa shape index (κ2) is 6.08.